The SMILES string of the molecule is N[C@H]1CCC(=O)[C@H](O)[C@H](O)[C@H]1O. The van der Waals surface area contributed by atoms with E-state index in [1.54, 1.807) is 0 Å². The topological polar surface area (TPSA) is 104 Å². The summed E-state index contributed by atoms with van der Waals surface area (Å²) in [6, 6.07) is -0.638. The Bertz CT molecular complexity index is 184. The first-order valence-electron chi connectivity index (χ1n) is 3.86. The van der Waals surface area contributed by atoms with Crippen molar-refractivity contribution in [1.82, 2.24) is 0 Å². The number of rotatable bonds is 0. The molecular formula is C7H13NO4. The molecule has 70 valence electrons. The molecule has 0 saturated heterocycles. The van der Waals surface area contributed by atoms with Gasteiger partial charge in [0.1, 0.15) is 12.2 Å². The van der Waals surface area contributed by atoms with Crippen LogP contribution >= 0.6 is 0 Å². The van der Waals surface area contributed by atoms with Gasteiger partial charge in [-0.25, -0.2) is 0 Å². The van der Waals surface area contributed by atoms with E-state index in [1.165, 1.54) is 0 Å². The van der Waals surface area contributed by atoms with Crippen LogP contribution in [0.1, 0.15) is 12.8 Å². The number of Topliss-reactive ketones (excluding diaryl/α,β-unsaturated/α-hetero) is 1. The molecule has 0 aliphatic heterocycles. The van der Waals surface area contributed by atoms with Crippen LogP contribution in [0.15, 0.2) is 0 Å². The van der Waals surface area contributed by atoms with Crippen LogP contribution in [0.2, 0.25) is 0 Å². The maximum Gasteiger partial charge on any atom is 0.164 e. The van der Waals surface area contributed by atoms with Gasteiger partial charge in [-0.05, 0) is 6.42 Å². The Balaban J connectivity index is 2.75. The average molecular weight is 175 g/mol. The molecule has 4 atom stereocenters. The Morgan fingerprint density at radius 1 is 1.25 bits per heavy atom. The molecule has 0 radical (unpaired) electrons. The summed E-state index contributed by atoms with van der Waals surface area (Å²) >= 11 is 0. The fourth-order valence-electron chi connectivity index (χ4n) is 1.26. The predicted octanol–water partition coefficient (Wildman–Crippen LogP) is -2.24. The van der Waals surface area contributed by atoms with Crippen LogP contribution in [-0.4, -0.2) is 45.5 Å². The highest BCUT2D eigenvalue weighted by Crippen LogP contribution is 2.15. The van der Waals surface area contributed by atoms with E-state index in [9.17, 15) is 9.90 Å². The first-order chi connectivity index (χ1) is 5.54. The third kappa shape index (κ3) is 1.64. The van der Waals surface area contributed by atoms with Crippen molar-refractivity contribution in [2.45, 2.75) is 37.2 Å². The van der Waals surface area contributed by atoms with Crippen LogP contribution in [0, 0.1) is 0 Å². The molecule has 1 rings (SSSR count). The standard InChI is InChI=1S/C7H13NO4/c8-3-1-2-4(9)6(11)7(12)5(3)10/h3,5-7,10-12H,1-2,8H2/t3-,5-,6-,7+/m0/s1. The van der Waals surface area contributed by atoms with Crippen LogP contribution in [0.25, 0.3) is 0 Å². The molecule has 0 amide bonds. The van der Waals surface area contributed by atoms with Crippen molar-refractivity contribution in [2.75, 3.05) is 0 Å². The monoisotopic (exact) mass is 175 g/mol. The molecule has 5 heteroatoms. The summed E-state index contributed by atoms with van der Waals surface area (Å²) < 4.78 is 0. The van der Waals surface area contributed by atoms with Crippen LogP contribution in [0.5, 0.6) is 0 Å². The van der Waals surface area contributed by atoms with Crippen molar-refractivity contribution in [3.63, 3.8) is 0 Å². The van der Waals surface area contributed by atoms with Crippen LogP contribution in [0.4, 0.5) is 0 Å². The van der Waals surface area contributed by atoms with Gasteiger partial charge in [0, 0.05) is 12.5 Å². The van der Waals surface area contributed by atoms with E-state index in [0.717, 1.165) is 0 Å². The zero-order chi connectivity index (χ0) is 9.30. The maximum atomic E-state index is 10.9. The molecule has 1 aliphatic carbocycles. The molecule has 0 aromatic heterocycles. The van der Waals surface area contributed by atoms with E-state index in [1.807, 2.05) is 0 Å². The van der Waals surface area contributed by atoms with Gasteiger partial charge in [-0.15, -0.1) is 0 Å². The highest BCUT2D eigenvalue weighted by molar-refractivity contribution is 5.83. The molecule has 0 heterocycles. The normalized spacial score (nSPS) is 44.2. The molecule has 12 heavy (non-hydrogen) atoms. The number of carbonyl (C=O) groups excluding carboxylic acids is 1. The molecule has 5 N–H and O–H groups in total. The number of aliphatic hydroxyl groups excluding tert-OH is 3. The smallest absolute Gasteiger partial charge is 0.164 e. The summed E-state index contributed by atoms with van der Waals surface area (Å²) in [6.45, 7) is 0. The minimum Gasteiger partial charge on any atom is -0.389 e. The van der Waals surface area contributed by atoms with Gasteiger partial charge in [-0.2, -0.15) is 0 Å². The first kappa shape index (κ1) is 9.60. The second-order valence-electron chi connectivity index (χ2n) is 3.09. The average Bonchev–Trinajstić information content (AvgIpc) is 2.14. The number of carbonyl (C=O) groups is 1. The number of hydrogen-bond acceptors (Lipinski definition) is 5. The van der Waals surface area contributed by atoms with E-state index in [4.69, 9.17) is 15.9 Å². The molecule has 0 spiro atoms. The lowest BCUT2D eigenvalue weighted by Gasteiger charge is -2.21. The maximum absolute atomic E-state index is 10.9. The van der Waals surface area contributed by atoms with E-state index >= 15 is 0 Å². The Kier molecular flexibility index (Phi) is 2.79. The lowest BCUT2D eigenvalue weighted by atomic mass is 10.0. The van der Waals surface area contributed by atoms with Gasteiger partial charge < -0.3 is 21.1 Å². The van der Waals surface area contributed by atoms with Crippen LogP contribution < -0.4 is 5.73 Å². The molecule has 0 aromatic carbocycles. The van der Waals surface area contributed by atoms with E-state index in [2.05, 4.69) is 0 Å². The van der Waals surface area contributed by atoms with Crippen molar-refractivity contribution >= 4 is 5.78 Å². The van der Waals surface area contributed by atoms with Gasteiger partial charge in [0.15, 0.2) is 5.78 Å². The lowest BCUT2D eigenvalue weighted by Crippen LogP contribution is -2.47. The Morgan fingerprint density at radius 3 is 2.42 bits per heavy atom. The first-order valence-corrected chi connectivity index (χ1v) is 3.86. The van der Waals surface area contributed by atoms with Gasteiger partial charge in [0.2, 0.25) is 0 Å². The van der Waals surface area contributed by atoms with Crippen LogP contribution in [0.3, 0.4) is 0 Å². The molecule has 0 unspecified atom stereocenters. The van der Waals surface area contributed by atoms with Crippen molar-refractivity contribution in [3.05, 3.63) is 0 Å². The van der Waals surface area contributed by atoms with Crippen molar-refractivity contribution in [3.8, 4) is 0 Å². The number of nitrogens with two attached hydrogens (primary N) is 1. The molecule has 1 fully saturated rings. The van der Waals surface area contributed by atoms with E-state index in [0.29, 0.717) is 6.42 Å². The zero-order valence-electron chi connectivity index (χ0n) is 6.55. The van der Waals surface area contributed by atoms with Gasteiger partial charge in [-0.1, -0.05) is 0 Å². The Labute approximate surface area is 69.8 Å². The van der Waals surface area contributed by atoms with Crippen LogP contribution in [-0.2, 0) is 4.79 Å². The number of aliphatic hydroxyl groups is 3. The largest absolute Gasteiger partial charge is 0.389 e. The molecule has 5 nitrogen and oxygen atoms in total. The second-order valence-corrected chi connectivity index (χ2v) is 3.09. The summed E-state index contributed by atoms with van der Waals surface area (Å²) in [5.41, 5.74) is 5.42. The summed E-state index contributed by atoms with van der Waals surface area (Å²) in [6.07, 6.45) is -3.75. The Morgan fingerprint density at radius 2 is 1.83 bits per heavy atom. The summed E-state index contributed by atoms with van der Waals surface area (Å²) in [5, 5.41) is 27.5. The highest BCUT2D eigenvalue weighted by Gasteiger charge is 2.36. The fraction of sp³-hybridized carbons (Fsp3) is 0.857. The minimum atomic E-state index is -1.49. The fourth-order valence-corrected chi connectivity index (χ4v) is 1.26. The van der Waals surface area contributed by atoms with Gasteiger partial charge in [0.25, 0.3) is 0 Å². The lowest BCUT2D eigenvalue weighted by molar-refractivity contribution is -0.136. The summed E-state index contributed by atoms with van der Waals surface area (Å²) in [4.78, 5) is 10.9. The summed E-state index contributed by atoms with van der Waals surface area (Å²) in [7, 11) is 0. The van der Waals surface area contributed by atoms with Gasteiger partial charge in [0.05, 0.1) is 6.10 Å². The predicted molar refractivity (Wildman–Crippen MR) is 40.2 cm³/mol. The van der Waals surface area contributed by atoms with Crippen molar-refractivity contribution < 1.29 is 20.1 Å². The quantitative estimate of drug-likeness (QED) is 0.312. The highest BCUT2D eigenvalue weighted by atomic mass is 16.4. The summed E-state index contributed by atoms with van der Waals surface area (Å²) in [5.74, 6) is -0.463. The van der Waals surface area contributed by atoms with Gasteiger partial charge in [-0.3, -0.25) is 4.79 Å². The Hall–Kier alpha value is -0.490. The van der Waals surface area contributed by atoms with E-state index < -0.39 is 30.1 Å². The molecule has 1 aliphatic rings. The van der Waals surface area contributed by atoms with Gasteiger partial charge >= 0.3 is 0 Å². The number of hydrogen-bond donors (Lipinski definition) is 4. The molecule has 0 bridgehead atoms. The van der Waals surface area contributed by atoms with Crippen molar-refractivity contribution in [2.24, 2.45) is 5.73 Å². The molecule has 1 saturated carbocycles. The number of ketones is 1. The minimum absolute atomic E-state index is 0.108. The molecular weight excluding hydrogens is 162 g/mol. The second kappa shape index (κ2) is 3.49. The zero-order valence-corrected chi connectivity index (χ0v) is 6.55. The van der Waals surface area contributed by atoms with E-state index in [-0.39, 0.29) is 6.42 Å². The third-order valence-corrected chi connectivity index (χ3v) is 2.17. The molecule has 0 aromatic rings. The van der Waals surface area contributed by atoms with Crippen molar-refractivity contribution in [1.29, 1.82) is 0 Å². The third-order valence-electron chi connectivity index (χ3n) is 2.17.